The van der Waals surface area contributed by atoms with E-state index in [4.69, 9.17) is 0 Å². The molecule has 0 heterocycles. The fraction of sp³-hybridized carbons (Fsp3) is 0.611. The van der Waals surface area contributed by atoms with Crippen molar-refractivity contribution >= 4 is 40.0 Å². The lowest BCUT2D eigenvalue weighted by Crippen LogP contribution is -2.42. The fourth-order valence-corrected chi connectivity index (χ4v) is 4.21. The van der Waals surface area contributed by atoms with Crippen LogP contribution in [0.4, 0.5) is 0 Å². The molecular weight excluding hydrogens is 463 g/mol. The van der Waals surface area contributed by atoms with Crippen LogP contribution in [0.2, 0.25) is 0 Å². The molecule has 0 amide bonds. The zero-order chi connectivity index (χ0) is 18.9. The molecule has 8 heteroatoms. The number of halogens is 1. The molecule has 0 fully saturated rings. The van der Waals surface area contributed by atoms with Gasteiger partial charge in [0.05, 0.1) is 5.75 Å². The lowest BCUT2D eigenvalue weighted by Gasteiger charge is -2.19. The number of aliphatic imine (C=N–C) groups is 1. The first kappa shape index (κ1) is 25.1. The number of aryl methyl sites for hydroxylation is 2. The van der Waals surface area contributed by atoms with Gasteiger partial charge in [-0.05, 0) is 25.8 Å². The zero-order valence-corrected chi connectivity index (χ0v) is 19.6. The minimum absolute atomic E-state index is 0. The highest BCUT2D eigenvalue weighted by molar-refractivity contribution is 14.0. The molecule has 1 aromatic carbocycles. The van der Waals surface area contributed by atoms with E-state index in [9.17, 15) is 8.42 Å². The molecule has 2 N–H and O–H groups in total. The van der Waals surface area contributed by atoms with Crippen LogP contribution >= 0.6 is 24.0 Å². The van der Waals surface area contributed by atoms with Gasteiger partial charge in [0.25, 0.3) is 0 Å². The highest BCUT2D eigenvalue weighted by Gasteiger charge is 2.18. The van der Waals surface area contributed by atoms with E-state index in [0.717, 1.165) is 13.0 Å². The number of rotatable bonds is 9. The highest BCUT2D eigenvalue weighted by Crippen LogP contribution is 2.08. The molecular formula is C18H33IN4O2S. The fourth-order valence-electron chi connectivity index (χ4n) is 2.80. The average Bonchev–Trinajstić information content (AvgIpc) is 2.53. The maximum absolute atomic E-state index is 12.2. The van der Waals surface area contributed by atoms with Gasteiger partial charge in [0.1, 0.15) is 0 Å². The van der Waals surface area contributed by atoms with E-state index in [1.165, 1.54) is 21.0 Å². The van der Waals surface area contributed by atoms with E-state index in [2.05, 4.69) is 47.7 Å². The molecule has 0 saturated heterocycles. The van der Waals surface area contributed by atoms with Gasteiger partial charge in [0.2, 0.25) is 10.0 Å². The summed E-state index contributed by atoms with van der Waals surface area (Å²) in [6.07, 6.45) is 0.890. The van der Waals surface area contributed by atoms with Crippen LogP contribution in [-0.2, 0) is 16.4 Å². The minimum atomic E-state index is -3.21. The van der Waals surface area contributed by atoms with Gasteiger partial charge < -0.3 is 10.6 Å². The Hall–Kier alpha value is -0.870. The van der Waals surface area contributed by atoms with E-state index in [1.54, 1.807) is 7.05 Å². The molecule has 0 bridgehead atoms. The summed E-state index contributed by atoms with van der Waals surface area (Å²) in [6, 6.07) is 6.52. The second-order valence-electron chi connectivity index (χ2n) is 6.07. The van der Waals surface area contributed by atoms with Crippen LogP contribution in [0.3, 0.4) is 0 Å². The summed E-state index contributed by atoms with van der Waals surface area (Å²) < 4.78 is 25.8. The molecule has 0 spiro atoms. The van der Waals surface area contributed by atoms with Crippen LogP contribution in [-0.4, -0.2) is 57.7 Å². The Balaban J connectivity index is 0.00000625. The van der Waals surface area contributed by atoms with Gasteiger partial charge in [-0.3, -0.25) is 4.99 Å². The number of hydrogen-bond acceptors (Lipinski definition) is 3. The molecule has 0 aliphatic heterocycles. The van der Waals surface area contributed by atoms with Crippen LogP contribution in [0.5, 0.6) is 0 Å². The first-order valence-electron chi connectivity index (χ1n) is 8.81. The number of hydrogen-bond donors (Lipinski definition) is 2. The number of sulfonamides is 1. The predicted molar refractivity (Wildman–Crippen MR) is 121 cm³/mol. The zero-order valence-electron chi connectivity index (χ0n) is 16.5. The van der Waals surface area contributed by atoms with Crippen LogP contribution in [0.15, 0.2) is 23.2 Å². The average molecular weight is 496 g/mol. The maximum Gasteiger partial charge on any atom is 0.215 e. The molecule has 0 radical (unpaired) electrons. The monoisotopic (exact) mass is 496 g/mol. The molecule has 6 nitrogen and oxygen atoms in total. The summed E-state index contributed by atoms with van der Waals surface area (Å²) in [4.78, 5) is 4.15. The molecule has 1 aromatic rings. The quantitative estimate of drug-likeness (QED) is 0.313. The molecule has 0 saturated carbocycles. The van der Waals surface area contributed by atoms with Crippen LogP contribution < -0.4 is 10.6 Å². The standard InChI is InChI=1S/C18H32N4O2S.HI/c1-6-22(7-2)25(23,24)11-10-21-18(19-5)20-9-8-17-13-15(3)12-16(4)14-17;/h12-14H,6-11H2,1-5H3,(H2,19,20,21);1H. The van der Waals surface area contributed by atoms with Crippen LogP contribution in [0.25, 0.3) is 0 Å². The smallest absolute Gasteiger partial charge is 0.215 e. The predicted octanol–water partition coefficient (Wildman–Crippen LogP) is 2.30. The Kier molecular flexibility index (Phi) is 12.1. The summed E-state index contributed by atoms with van der Waals surface area (Å²) in [5, 5.41) is 6.30. The molecule has 1 rings (SSSR count). The largest absolute Gasteiger partial charge is 0.356 e. The second-order valence-corrected chi connectivity index (χ2v) is 8.16. The van der Waals surface area contributed by atoms with Crippen molar-refractivity contribution in [2.24, 2.45) is 4.99 Å². The Morgan fingerprint density at radius 2 is 1.58 bits per heavy atom. The third kappa shape index (κ3) is 8.68. The Morgan fingerprint density at radius 3 is 2.08 bits per heavy atom. The van der Waals surface area contributed by atoms with Gasteiger partial charge in [-0.2, -0.15) is 0 Å². The number of guanidine groups is 1. The SMILES string of the molecule is CCN(CC)S(=O)(=O)CCNC(=NC)NCCc1cc(C)cc(C)c1.I. The van der Waals surface area contributed by atoms with E-state index >= 15 is 0 Å². The first-order valence-corrected chi connectivity index (χ1v) is 10.4. The van der Waals surface area contributed by atoms with Gasteiger partial charge in [0.15, 0.2) is 5.96 Å². The summed E-state index contributed by atoms with van der Waals surface area (Å²) in [5.74, 6) is 0.686. The topological polar surface area (TPSA) is 73.8 Å². The van der Waals surface area contributed by atoms with Crippen molar-refractivity contribution in [2.75, 3.05) is 39.0 Å². The number of nitrogens with one attached hydrogen (secondary N) is 2. The van der Waals surface area contributed by atoms with Gasteiger partial charge in [0, 0.05) is 33.2 Å². The van der Waals surface area contributed by atoms with Crippen molar-refractivity contribution < 1.29 is 8.42 Å². The first-order chi connectivity index (χ1) is 11.8. The number of nitrogens with zero attached hydrogens (tertiary/aromatic N) is 2. The van der Waals surface area contributed by atoms with Crippen molar-refractivity contribution in [3.8, 4) is 0 Å². The van der Waals surface area contributed by atoms with Crippen LogP contribution in [0.1, 0.15) is 30.5 Å². The molecule has 0 unspecified atom stereocenters. The number of benzene rings is 1. The normalized spacial score (nSPS) is 12.0. The van der Waals surface area contributed by atoms with Crippen molar-refractivity contribution in [2.45, 2.75) is 34.1 Å². The van der Waals surface area contributed by atoms with Gasteiger partial charge in [-0.25, -0.2) is 12.7 Å². The van der Waals surface area contributed by atoms with Crippen LogP contribution in [0, 0.1) is 13.8 Å². The van der Waals surface area contributed by atoms with E-state index in [1.807, 2.05) is 13.8 Å². The van der Waals surface area contributed by atoms with Crippen molar-refractivity contribution in [1.82, 2.24) is 14.9 Å². The highest BCUT2D eigenvalue weighted by atomic mass is 127. The summed E-state index contributed by atoms with van der Waals surface area (Å²) in [6.45, 7) is 9.97. The molecule has 0 atom stereocenters. The van der Waals surface area contributed by atoms with Crippen molar-refractivity contribution in [3.63, 3.8) is 0 Å². The van der Waals surface area contributed by atoms with E-state index in [0.29, 0.717) is 25.6 Å². The summed E-state index contributed by atoms with van der Waals surface area (Å²) >= 11 is 0. The minimum Gasteiger partial charge on any atom is -0.356 e. The Labute approximate surface area is 175 Å². The summed E-state index contributed by atoms with van der Waals surface area (Å²) in [5.41, 5.74) is 3.81. The lowest BCUT2D eigenvalue weighted by molar-refractivity contribution is 0.445. The molecule has 26 heavy (non-hydrogen) atoms. The summed E-state index contributed by atoms with van der Waals surface area (Å²) in [7, 11) is -1.53. The second kappa shape index (κ2) is 12.5. The van der Waals surface area contributed by atoms with Gasteiger partial charge >= 0.3 is 0 Å². The van der Waals surface area contributed by atoms with E-state index in [-0.39, 0.29) is 29.7 Å². The van der Waals surface area contributed by atoms with Crippen molar-refractivity contribution in [1.29, 1.82) is 0 Å². The van der Waals surface area contributed by atoms with Crippen molar-refractivity contribution in [3.05, 3.63) is 34.9 Å². The lowest BCUT2D eigenvalue weighted by atomic mass is 10.1. The maximum atomic E-state index is 12.2. The molecule has 150 valence electrons. The molecule has 0 aromatic heterocycles. The molecule has 0 aliphatic rings. The Morgan fingerprint density at radius 1 is 1.04 bits per heavy atom. The molecule has 0 aliphatic carbocycles. The van der Waals surface area contributed by atoms with Gasteiger partial charge in [-0.1, -0.05) is 43.2 Å². The van der Waals surface area contributed by atoms with Gasteiger partial charge in [-0.15, -0.1) is 24.0 Å². The van der Waals surface area contributed by atoms with E-state index < -0.39 is 10.0 Å². The third-order valence-electron chi connectivity index (χ3n) is 3.96. The third-order valence-corrected chi connectivity index (χ3v) is 5.99. The Bertz CT molecular complexity index is 654.